The van der Waals surface area contributed by atoms with Crippen LogP contribution in [0.1, 0.15) is 55.8 Å². The molecule has 31 heavy (non-hydrogen) atoms. The summed E-state index contributed by atoms with van der Waals surface area (Å²) in [4.78, 5) is 15.3. The van der Waals surface area contributed by atoms with Crippen molar-refractivity contribution in [3.05, 3.63) is 71.3 Å². The Balaban J connectivity index is 1.78. The monoisotopic (exact) mass is 443 g/mol. The first-order valence-electron chi connectivity index (χ1n) is 11.0. The number of hydrogen-bond donors (Lipinski definition) is 2. The average Bonchev–Trinajstić information content (AvgIpc) is 2.75. The van der Waals surface area contributed by atoms with Crippen LogP contribution in [0.3, 0.4) is 0 Å². The maximum absolute atomic E-state index is 13.3. The van der Waals surface area contributed by atoms with Gasteiger partial charge in [0, 0.05) is 25.7 Å². The second-order valence-electron chi connectivity index (χ2n) is 8.41. The Bertz CT molecular complexity index is 955. The van der Waals surface area contributed by atoms with Gasteiger partial charge in [-0.15, -0.1) is 0 Å². The fraction of sp³-hybridized carbons (Fsp3) is 0.458. The molecule has 1 amide bonds. The van der Waals surface area contributed by atoms with E-state index >= 15 is 0 Å². The normalized spacial score (nSPS) is 15.8. The van der Waals surface area contributed by atoms with E-state index in [1.54, 1.807) is 0 Å². The van der Waals surface area contributed by atoms with Gasteiger partial charge in [0.25, 0.3) is 0 Å². The molecular weight excluding hydrogens is 410 g/mol. The van der Waals surface area contributed by atoms with Gasteiger partial charge in [-0.25, -0.2) is 13.1 Å². The summed E-state index contributed by atoms with van der Waals surface area (Å²) in [6.45, 7) is 5.61. The maximum atomic E-state index is 13.3. The van der Waals surface area contributed by atoms with Crippen LogP contribution in [0.25, 0.3) is 0 Å². The van der Waals surface area contributed by atoms with E-state index in [0.29, 0.717) is 6.54 Å². The van der Waals surface area contributed by atoms with Crippen LogP contribution in [0.15, 0.2) is 54.6 Å². The van der Waals surface area contributed by atoms with Crippen LogP contribution < -0.4 is 10.0 Å². The minimum absolute atomic E-state index is 0.0810. The molecule has 1 aliphatic rings. The summed E-state index contributed by atoms with van der Waals surface area (Å²) >= 11 is 0. The third-order valence-corrected chi connectivity index (χ3v) is 6.94. The molecule has 1 aliphatic heterocycles. The van der Waals surface area contributed by atoms with Crippen LogP contribution in [0, 0.1) is 0 Å². The first-order valence-corrected chi connectivity index (χ1v) is 12.6. The number of likely N-dealkylation sites (tertiary alicyclic amines) is 1. The van der Waals surface area contributed by atoms with Crippen molar-refractivity contribution in [2.75, 3.05) is 13.1 Å². The average molecular weight is 444 g/mol. The summed E-state index contributed by atoms with van der Waals surface area (Å²) in [6, 6.07) is 16.6. The van der Waals surface area contributed by atoms with Crippen LogP contribution >= 0.6 is 0 Å². The lowest BCUT2D eigenvalue weighted by Crippen LogP contribution is -2.43. The van der Waals surface area contributed by atoms with Gasteiger partial charge in [-0.2, -0.15) is 0 Å². The number of carbonyl (C=O) groups excluding carboxylic acids is 1. The van der Waals surface area contributed by atoms with Gasteiger partial charge in [0.05, 0.1) is 5.75 Å². The molecule has 1 heterocycles. The molecule has 2 N–H and O–H groups in total. The third kappa shape index (κ3) is 6.89. The number of carbonyl (C=O) groups is 1. The van der Waals surface area contributed by atoms with Crippen molar-refractivity contribution in [3.8, 4) is 0 Å². The number of nitrogens with zero attached hydrogens (tertiary/aromatic N) is 1. The SMILES string of the molecule is CC(C)NS(=O)(=O)Cc1ccccc1CN[C@@H](C(=O)N1CCCCC1)c1ccccc1. The minimum Gasteiger partial charge on any atom is -0.341 e. The fourth-order valence-electron chi connectivity index (χ4n) is 3.98. The molecule has 1 fully saturated rings. The van der Waals surface area contributed by atoms with Gasteiger partial charge in [-0.3, -0.25) is 10.1 Å². The Labute approximate surface area is 186 Å². The molecule has 2 aromatic rings. The smallest absolute Gasteiger partial charge is 0.244 e. The van der Waals surface area contributed by atoms with E-state index in [0.717, 1.165) is 42.6 Å². The highest BCUT2D eigenvalue weighted by atomic mass is 32.2. The second-order valence-corrected chi connectivity index (χ2v) is 10.2. The molecular formula is C24H33N3O3S. The summed E-state index contributed by atoms with van der Waals surface area (Å²) in [5, 5.41) is 3.41. The number of amides is 1. The van der Waals surface area contributed by atoms with Crippen LogP contribution in [0.5, 0.6) is 0 Å². The van der Waals surface area contributed by atoms with Gasteiger partial charge in [-0.05, 0) is 49.8 Å². The van der Waals surface area contributed by atoms with Gasteiger partial charge in [0.1, 0.15) is 6.04 Å². The van der Waals surface area contributed by atoms with Crippen LogP contribution in [-0.4, -0.2) is 38.4 Å². The van der Waals surface area contributed by atoms with Crippen molar-refractivity contribution in [2.45, 2.75) is 57.5 Å². The predicted molar refractivity (Wildman–Crippen MR) is 124 cm³/mol. The van der Waals surface area contributed by atoms with Gasteiger partial charge < -0.3 is 4.90 Å². The van der Waals surface area contributed by atoms with Gasteiger partial charge in [0.2, 0.25) is 15.9 Å². The molecule has 0 radical (unpaired) electrons. The van der Waals surface area contributed by atoms with Crippen molar-refractivity contribution in [2.24, 2.45) is 0 Å². The van der Waals surface area contributed by atoms with Crippen molar-refractivity contribution in [1.29, 1.82) is 0 Å². The zero-order chi connectivity index (χ0) is 22.3. The van der Waals surface area contributed by atoms with Gasteiger partial charge in [0.15, 0.2) is 0 Å². The molecule has 0 spiro atoms. The summed E-state index contributed by atoms with van der Waals surface area (Å²) in [6.07, 6.45) is 3.24. The molecule has 3 rings (SSSR count). The Morgan fingerprint density at radius 1 is 0.935 bits per heavy atom. The number of nitrogens with one attached hydrogen (secondary N) is 2. The fourth-order valence-corrected chi connectivity index (χ4v) is 5.47. The highest BCUT2D eigenvalue weighted by molar-refractivity contribution is 7.88. The molecule has 0 saturated carbocycles. The van der Waals surface area contributed by atoms with Crippen molar-refractivity contribution in [3.63, 3.8) is 0 Å². The first-order chi connectivity index (χ1) is 14.9. The molecule has 2 aromatic carbocycles. The number of sulfonamides is 1. The summed E-state index contributed by atoms with van der Waals surface area (Å²) in [7, 11) is -3.43. The quantitative estimate of drug-likeness (QED) is 0.623. The predicted octanol–water partition coefficient (Wildman–Crippen LogP) is 3.36. The van der Waals surface area contributed by atoms with E-state index < -0.39 is 16.1 Å². The standard InChI is InChI=1S/C24H33N3O3S/c1-19(2)26-31(29,30)18-22-14-8-7-13-21(22)17-25-23(20-11-5-3-6-12-20)24(28)27-15-9-4-10-16-27/h3,5-8,11-14,19,23,25-26H,4,9-10,15-18H2,1-2H3/t23-/m1/s1. The van der Waals surface area contributed by atoms with E-state index in [1.807, 2.05) is 73.3 Å². The lowest BCUT2D eigenvalue weighted by molar-refractivity contribution is -0.134. The minimum atomic E-state index is -3.43. The van der Waals surface area contributed by atoms with E-state index in [4.69, 9.17) is 0 Å². The second kappa shape index (κ2) is 10.9. The summed E-state index contributed by atoms with van der Waals surface area (Å²) in [5.41, 5.74) is 2.54. The molecule has 168 valence electrons. The molecule has 0 aliphatic carbocycles. The Morgan fingerprint density at radius 2 is 1.55 bits per heavy atom. The van der Waals surface area contributed by atoms with Crippen LogP contribution in [0.4, 0.5) is 0 Å². The van der Waals surface area contributed by atoms with Gasteiger partial charge in [-0.1, -0.05) is 54.6 Å². The third-order valence-electron chi connectivity index (χ3n) is 5.42. The van der Waals surface area contributed by atoms with Crippen LogP contribution in [-0.2, 0) is 27.1 Å². The zero-order valence-electron chi connectivity index (χ0n) is 18.4. The number of piperidine rings is 1. The van der Waals surface area contributed by atoms with E-state index in [1.165, 1.54) is 6.42 Å². The summed E-state index contributed by atoms with van der Waals surface area (Å²) in [5.74, 6) is -0.00322. The molecule has 6 nitrogen and oxygen atoms in total. The van der Waals surface area contributed by atoms with Crippen molar-refractivity contribution >= 4 is 15.9 Å². The van der Waals surface area contributed by atoms with E-state index in [2.05, 4.69) is 10.0 Å². The highest BCUT2D eigenvalue weighted by Gasteiger charge is 2.27. The molecule has 1 saturated heterocycles. The zero-order valence-corrected chi connectivity index (χ0v) is 19.2. The van der Waals surface area contributed by atoms with Gasteiger partial charge >= 0.3 is 0 Å². The topological polar surface area (TPSA) is 78.5 Å². The molecule has 0 unspecified atom stereocenters. The lowest BCUT2D eigenvalue weighted by atomic mass is 10.0. The highest BCUT2D eigenvalue weighted by Crippen LogP contribution is 2.21. The number of hydrogen-bond acceptors (Lipinski definition) is 4. The Hall–Kier alpha value is -2.22. The maximum Gasteiger partial charge on any atom is 0.244 e. The largest absolute Gasteiger partial charge is 0.341 e. The Kier molecular flexibility index (Phi) is 8.23. The molecule has 0 aromatic heterocycles. The van der Waals surface area contributed by atoms with E-state index in [-0.39, 0.29) is 17.7 Å². The van der Waals surface area contributed by atoms with E-state index in [9.17, 15) is 13.2 Å². The van der Waals surface area contributed by atoms with Crippen molar-refractivity contribution in [1.82, 2.24) is 14.9 Å². The number of benzene rings is 2. The molecule has 0 bridgehead atoms. The summed E-state index contributed by atoms with van der Waals surface area (Å²) < 4.78 is 27.5. The van der Waals surface area contributed by atoms with Crippen molar-refractivity contribution < 1.29 is 13.2 Å². The Morgan fingerprint density at radius 3 is 2.19 bits per heavy atom. The lowest BCUT2D eigenvalue weighted by Gasteiger charge is -2.31. The van der Waals surface area contributed by atoms with Crippen LogP contribution in [0.2, 0.25) is 0 Å². The molecule has 7 heteroatoms. The first kappa shape index (κ1) is 23.4. The number of rotatable bonds is 9. The molecule has 1 atom stereocenters.